The van der Waals surface area contributed by atoms with Gasteiger partial charge in [0.05, 0.1) is 12.6 Å². The van der Waals surface area contributed by atoms with Gasteiger partial charge in [-0.2, -0.15) is 12.6 Å². The molecule has 422 valence electrons. The molecule has 0 bridgehead atoms. The number of carboxylic acids is 1. The molecule has 3 aromatic rings. The smallest absolute Gasteiger partial charge is 0.325 e. The fourth-order valence-corrected chi connectivity index (χ4v) is 8.93. The maximum atomic E-state index is 14.2. The minimum absolute atomic E-state index is 0.0112. The third-order valence-electron chi connectivity index (χ3n) is 13.0. The van der Waals surface area contributed by atoms with Crippen molar-refractivity contribution in [3.63, 3.8) is 0 Å². The van der Waals surface area contributed by atoms with Gasteiger partial charge in [-0.1, -0.05) is 48.5 Å². The Morgan fingerprint density at radius 2 is 1.19 bits per heavy atom. The minimum atomic E-state index is -1.61. The van der Waals surface area contributed by atoms with E-state index in [4.69, 9.17) is 22.9 Å². The minimum Gasteiger partial charge on any atom is -0.480 e. The number of unbranched alkanes of at least 4 members (excludes halogenated alkanes) is 2. The maximum absolute atomic E-state index is 14.2. The van der Waals surface area contributed by atoms with E-state index in [0.717, 1.165) is 16.5 Å². The lowest BCUT2D eigenvalue weighted by Gasteiger charge is -2.29. The second-order valence-corrected chi connectivity index (χ2v) is 19.3. The van der Waals surface area contributed by atoms with Gasteiger partial charge < -0.3 is 80.2 Å². The molecule has 26 heteroatoms. The fraction of sp³-hybridized carbons (Fsp3) is 0.529. The first-order chi connectivity index (χ1) is 36.8. The number of aliphatic carboxylic acids is 1. The first-order valence-electron chi connectivity index (χ1n) is 25.7. The highest BCUT2D eigenvalue weighted by molar-refractivity contribution is 7.80. The number of primary amides is 1. The van der Waals surface area contributed by atoms with Gasteiger partial charge in [-0.3, -0.25) is 47.9 Å². The Kier molecular flexibility index (Phi) is 25.8. The van der Waals surface area contributed by atoms with Gasteiger partial charge in [-0.05, 0) is 101 Å². The summed E-state index contributed by atoms with van der Waals surface area (Å²) in [5, 5.41) is 38.2. The number of carbonyl (C=O) groups excluding carboxylic acids is 9. The number of para-hydroxylation sites is 1. The summed E-state index contributed by atoms with van der Waals surface area (Å²) in [5.41, 5.74) is 25.6. The molecule has 0 saturated carbocycles. The molecule has 0 aliphatic carbocycles. The van der Waals surface area contributed by atoms with E-state index in [2.05, 4.69) is 54.8 Å². The number of carbonyl (C=O) groups is 10. The molecular formula is C51H75N13O12S. The van der Waals surface area contributed by atoms with Crippen LogP contribution in [0.15, 0.2) is 60.8 Å². The number of nitrogens with two attached hydrogens (primary N) is 4. The molecule has 2 heterocycles. The molecule has 9 amide bonds. The van der Waals surface area contributed by atoms with Gasteiger partial charge in [0.25, 0.3) is 0 Å². The number of aromatic amines is 1. The highest BCUT2D eigenvalue weighted by Gasteiger charge is 2.39. The van der Waals surface area contributed by atoms with Crippen LogP contribution in [0.3, 0.4) is 0 Å². The molecular weight excluding hydrogens is 1020 g/mol. The van der Waals surface area contributed by atoms with Gasteiger partial charge in [0.1, 0.15) is 48.3 Å². The van der Waals surface area contributed by atoms with Crippen LogP contribution in [-0.2, 0) is 60.8 Å². The number of H-pyrrole nitrogens is 1. The summed E-state index contributed by atoms with van der Waals surface area (Å²) < 4.78 is 0. The summed E-state index contributed by atoms with van der Waals surface area (Å²) in [6.45, 7) is 1.06. The van der Waals surface area contributed by atoms with E-state index >= 15 is 0 Å². The Balaban J connectivity index is 1.45. The third-order valence-corrected chi connectivity index (χ3v) is 13.4. The lowest BCUT2D eigenvalue weighted by molar-refractivity contribution is -0.141. The first-order valence-corrected chi connectivity index (χ1v) is 26.4. The second kappa shape index (κ2) is 31.8. The van der Waals surface area contributed by atoms with E-state index in [1.54, 1.807) is 36.5 Å². The van der Waals surface area contributed by atoms with Gasteiger partial charge in [0, 0.05) is 42.2 Å². The predicted octanol–water partition coefficient (Wildman–Crippen LogP) is -2.78. The highest BCUT2D eigenvalue weighted by Crippen LogP contribution is 2.22. The van der Waals surface area contributed by atoms with E-state index in [1.807, 2.05) is 24.3 Å². The molecule has 0 radical (unpaired) electrons. The zero-order chi connectivity index (χ0) is 56.6. The van der Waals surface area contributed by atoms with E-state index < -0.39 is 127 Å². The number of nitrogens with one attached hydrogen (secondary N) is 8. The van der Waals surface area contributed by atoms with E-state index in [0.29, 0.717) is 37.7 Å². The molecule has 1 aromatic heterocycles. The number of hydrogen-bond donors (Lipinski definition) is 15. The number of hydrogen-bond acceptors (Lipinski definition) is 15. The lowest BCUT2D eigenvalue weighted by atomic mass is 10.0. The van der Waals surface area contributed by atoms with Crippen LogP contribution in [-0.4, -0.2) is 166 Å². The topological polar surface area (TPSA) is 418 Å². The quantitative estimate of drug-likeness (QED) is 0.0217. The van der Waals surface area contributed by atoms with Crippen molar-refractivity contribution in [2.45, 2.75) is 138 Å². The standard InChI is InChI=1S/C51H75N13O12S/c1-29(51(75)76)57-46(70)38(24-30-12-3-2-4-13-30)61-44(68)36(17-8-10-22-53)58-43(67)35(16-7-9-21-52)59-45(69)37(19-20-42(55)66)60-48(72)40(28-77)63-47(71)39(27-65)62-49(73)41-18-11-23-64(41)50(74)33(54)25-31-26-56-34-15-6-5-14-32(31)34/h2-6,12-15,26,29,33,35-41,56,65,77H,7-11,16-25,27-28,52-54H2,1H3,(H2,55,66)(H,57,70)(H,58,67)(H,59,69)(H,60,72)(H,61,68)(H,62,73)(H,63,71)(H,75,76)/t29-,33-,35-,36-,37-,38-,39-,40-,41-/m0/s1. The largest absolute Gasteiger partial charge is 0.480 e. The summed E-state index contributed by atoms with van der Waals surface area (Å²) in [5.74, 6) is -9.08. The fourth-order valence-electron chi connectivity index (χ4n) is 8.67. The predicted molar refractivity (Wildman–Crippen MR) is 287 cm³/mol. The first kappa shape index (κ1) is 62.4. The molecule has 1 aliphatic heterocycles. The Morgan fingerprint density at radius 3 is 1.75 bits per heavy atom. The summed E-state index contributed by atoms with van der Waals surface area (Å²) in [4.78, 5) is 138. The summed E-state index contributed by atoms with van der Waals surface area (Å²) in [7, 11) is 0. The summed E-state index contributed by atoms with van der Waals surface area (Å²) in [6.07, 6.45) is 3.42. The van der Waals surface area contributed by atoms with E-state index in [9.17, 15) is 58.2 Å². The molecule has 77 heavy (non-hydrogen) atoms. The van der Waals surface area contributed by atoms with Crippen LogP contribution in [0.4, 0.5) is 0 Å². The number of thiol groups is 1. The van der Waals surface area contributed by atoms with Gasteiger partial charge >= 0.3 is 5.97 Å². The number of likely N-dealkylation sites (tertiary alicyclic amines) is 1. The molecule has 1 aliphatic rings. The summed E-state index contributed by atoms with van der Waals surface area (Å²) in [6, 6.07) is 4.29. The Hall–Kier alpha value is -7.13. The van der Waals surface area contributed by atoms with Crippen molar-refractivity contribution < 1.29 is 58.2 Å². The molecule has 4 rings (SSSR count). The number of aromatic nitrogens is 1. The second-order valence-electron chi connectivity index (χ2n) is 18.9. The Morgan fingerprint density at radius 1 is 0.675 bits per heavy atom. The van der Waals surface area contributed by atoms with Gasteiger partial charge in [0.15, 0.2) is 0 Å². The van der Waals surface area contributed by atoms with Gasteiger partial charge in [-0.25, -0.2) is 0 Å². The van der Waals surface area contributed by atoms with Crippen molar-refractivity contribution in [2.75, 3.05) is 32.0 Å². The van der Waals surface area contributed by atoms with E-state index in [-0.39, 0.29) is 63.9 Å². The van der Waals surface area contributed by atoms with Gasteiger partial charge in [-0.15, -0.1) is 0 Å². The van der Waals surface area contributed by atoms with Crippen LogP contribution in [0.2, 0.25) is 0 Å². The lowest BCUT2D eigenvalue weighted by Crippen LogP contribution is -2.61. The monoisotopic (exact) mass is 1090 g/mol. The molecule has 25 nitrogen and oxygen atoms in total. The van der Waals surface area contributed by atoms with Crippen LogP contribution < -0.4 is 60.2 Å². The maximum Gasteiger partial charge on any atom is 0.325 e. The number of nitrogens with zero attached hydrogens (tertiary/aromatic N) is 1. The number of fused-ring (bicyclic) bond motifs is 1. The van der Waals surface area contributed by atoms with Gasteiger partial charge in [0.2, 0.25) is 53.2 Å². The zero-order valence-corrected chi connectivity index (χ0v) is 44.1. The zero-order valence-electron chi connectivity index (χ0n) is 43.2. The SMILES string of the molecule is C[C@H](NC(=O)[C@H](Cc1ccccc1)NC(=O)[C@H](CCCCN)NC(=O)[C@H](CCCCN)NC(=O)[C@H](CCC(N)=O)NC(=O)[C@H](CS)NC(=O)[C@H](CO)NC(=O)[C@@H]1CCCN1C(=O)[C@@H](N)Cc1c[nH]c2ccccc12)C(=O)O. The number of benzene rings is 2. The molecule has 0 unspecified atom stereocenters. The van der Waals surface area contributed by atoms with Crippen molar-refractivity contribution in [3.8, 4) is 0 Å². The number of amides is 9. The third kappa shape index (κ3) is 19.4. The van der Waals surface area contributed by atoms with Crippen LogP contribution in [0, 0.1) is 0 Å². The van der Waals surface area contributed by atoms with E-state index in [1.165, 1.54) is 11.8 Å². The van der Waals surface area contributed by atoms with Crippen LogP contribution in [0.5, 0.6) is 0 Å². The normalized spacial score (nSPS) is 16.3. The Bertz CT molecular complexity index is 2500. The van der Waals surface area contributed by atoms with Crippen LogP contribution in [0.25, 0.3) is 10.9 Å². The highest BCUT2D eigenvalue weighted by atomic mass is 32.1. The van der Waals surface area contributed by atoms with Crippen molar-refractivity contribution in [1.29, 1.82) is 0 Å². The van der Waals surface area contributed by atoms with Crippen molar-refractivity contribution >= 4 is 82.7 Å². The van der Waals surface area contributed by atoms with Crippen molar-refractivity contribution in [1.82, 2.24) is 47.1 Å². The van der Waals surface area contributed by atoms with Crippen molar-refractivity contribution in [3.05, 3.63) is 71.9 Å². The average molecular weight is 1090 g/mol. The number of rotatable bonds is 33. The number of aliphatic hydroxyl groups excluding tert-OH is 1. The molecule has 0 spiro atoms. The summed E-state index contributed by atoms with van der Waals surface area (Å²) >= 11 is 4.21. The van der Waals surface area contributed by atoms with Crippen LogP contribution in [0.1, 0.15) is 82.3 Å². The molecule has 1 fully saturated rings. The number of aliphatic hydroxyl groups is 1. The van der Waals surface area contributed by atoms with Crippen molar-refractivity contribution in [2.24, 2.45) is 22.9 Å². The molecule has 2 aromatic carbocycles. The molecule has 18 N–H and O–H groups in total. The number of carboxylic acid groups (broad SMARTS) is 1. The molecule has 9 atom stereocenters. The molecule has 1 saturated heterocycles. The Labute approximate surface area is 451 Å². The van der Waals surface area contributed by atoms with Crippen LogP contribution >= 0.6 is 12.6 Å². The average Bonchev–Trinajstić information content (AvgIpc) is 4.07.